The van der Waals surface area contributed by atoms with Crippen molar-refractivity contribution in [1.82, 2.24) is 15.0 Å². The molecule has 3 aromatic heterocycles. The zero-order chi connectivity index (χ0) is 25.8. The Morgan fingerprint density at radius 3 is 2.68 bits per heavy atom. The molecule has 0 bridgehead atoms. The van der Waals surface area contributed by atoms with Gasteiger partial charge in [-0.1, -0.05) is 48.5 Å². The highest BCUT2D eigenvalue weighted by Crippen LogP contribution is 2.35. The van der Waals surface area contributed by atoms with Crippen LogP contribution in [0.25, 0.3) is 33.3 Å². The number of anilines is 1. The first-order valence-corrected chi connectivity index (χ1v) is 12.1. The number of ether oxygens (including phenoxy) is 1. The average Bonchev–Trinajstić information content (AvgIpc) is 3.35. The lowest BCUT2D eigenvalue weighted by Crippen LogP contribution is -2.06. The lowest BCUT2D eigenvalue weighted by Gasteiger charge is -2.12. The number of carbonyl (C=O) groups is 1. The van der Waals surface area contributed by atoms with Gasteiger partial charge < -0.3 is 15.0 Å². The van der Waals surface area contributed by atoms with Crippen LogP contribution in [0.4, 0.5) is 5.69 Å². The van der Waals surface area contributed by atoms with Gasteiger partial charge in [0.15, 0.2) is 0 Å². The first-order valence-electron chi connectivity index (χ1n) is 12.1. The second kappa shape index (κ2) is 10.5. The summed E-state index contributed by atoms with van der Waals surface area (Å²) >= 11 is 0. The summed E-state index contributed by atoms with van der Waals surface area (Å²) in [5.74, 6) is 0.321. The molecule has 2 N–H and O–H groups in total. The molecule has 0 atom stereocenters. The first-order chi connectivity index (χ1) is 18.0. The summed E-state index contributed by atoms with van der Waals surface area (Å²) in [6, 6.07) is 20.4. The largest absolute Gasteiger partial charge is 0.481 e. The van der Waals surface area contributed by atoms with E-state index in [0.29, 0.717) is 11.6 Å². The standard InChI is InChI=1S/C31H28N4O2/c1-4-29(36)35-25-10-6-9-22(14-25)24-15-27-28(19-34-31(27)33-18-24)26-16-30(37-3)32-17-23(26)12-11-21-8-5-7-20(2)13-21/h4-10,13-19H,1,11-12H2,2-3H3,(H,33,34)(H,35,36). The Morgan fingerprint density at radius 2 is 1.86 bits per heavy atom. The summed E-state index contributed by atoms with van der Waals surface area (Å²) in [6.45, 7) is 5.63. The molecular formula is C31H28N4O2. The number of pyridine rings is 2. The highest BCUT2D eigenvalue weighted by atomic mass is 16.5. The van der Waals surface area contributed by atoms with E-state index in [4.69, 9.17) is 4.74 Å². The molecule has 2 aromatic carbocycles. The summed E-state index contributed by atoms with van der Waals surface area (Å²) in [6.07, 6.45) is 8.76. The molecule has 0 fully saturated rings. The molecule has 184 valence electrons. The maximum absolute atomic E-state index is 11.8. The Balaban J connectivity index is 1.53. The van der Waals surface area contributed by atoms with Crippen LogP contribution >= 0.6 is 0 Å². The van der Waals surface area contributed by atoms with Crippen molar-refractivity contribution >= 4 is 22.6 Å². The number of nitrogens with zero attached hydrogens (tertiary/aromatic N) is 2. The van der Waals surface area contributed by atoms with Gasteiger partial charge >= 0.3 is 0 Å². The van der Waals surface area contributed by atoms with Crippen molar-refractivity contribution in [2.45, 2.75) is 19.8 Å². The molecule has 0 aliphatic rings. The van der Waals surface area contributed by atoms with Crippen LogP contribution in [0.1, 0.15) is 16.7 Å². The lowest BCUT2D eigenvalue weighted by molar-refractivity contribution is -0.111. The molecule has 0 aliphatic carbocycles. The maximum atomic E-state index is 11.8. The number of aromatic nitrogens is 3. The fraction of sp³-hybridized carbons (Fsp3) is 0.129. The Kier molecular flexibility index (Phi) is 6.81. The number of rotatable bonds is 8. The highest BCUT2D eigenvalue weighted by molar-refractivity contribution is 6.00. The van der Waals surface area contributed by atoms with E-state index in [1.165, 1.54) is 17.2 Å². The van der Waals surface area contributed by atoms with Crippen LogP contribution in [-0.2, 0) is 17.6 Å². The van der Waals surface area contributed by atoms with Crippen LogP contribution in [0.3, 0.4) is 0 Å². The molecule has 6 nitrogen and oxygen atoms in total. The van der Waals surface area contributed by atoms with Crippen molar-refractivity contribution < 1.29 is 9.53 Å². The van der Waals surface area contributed by atoms with E-state index in [0.717, 1.165) is 51.7 Å². The third kappa shape index (κ3) is 5.28. The van der Waals surface area contributed by atoms with Crippen LogP contribution in [-0.4, -0.2) is 28.0 Å². The minimum atomic E-state index is -0.247. The molecule has 0 radical (unpaired) electrons. The monoisotopic (exact) mass is 488 g/mol. The number of aromatic amines is 1. The van der Waals surface area contributed by atoms with Gasteiger partial charge in [-0.05, 0) is 66.3 Å². The number of H-pyrrole nitrogens is 1. The zero-order valence-electron chi connectivity index (χ0n) is 20.9. The average molecular weight is 489 g/mol. The van der Waals surface area contributed by atoms with E-state index < -0.39 is 0 Å². The molecule has 5 aromatic rings. The number of amides is 1. The number of nitrogens with one attached hydrogen (secondary N) is 2. The third-order valence-corrected chi connectivity index (χ3v) is 6.41. The van der Waals surface area contributed by atoms with Gasteiger partial charge in [0, 0.05) is 46.9 Å². The first kappa shape index (κ1) is 24.0. The topological polar surface area (TPSA) is 79.9 Å². The molecule has 0 saturated carbocycles. The summed E-state index contributed by atoms with van der Waals surface area (Å²) in [5.41, 5.74) is 9.21. The van der Waals surface area contributed by atoms with Gasteiger partial charge in [-0.15, -0.1) is 0 Å². The second-order valence-corrected chi connectivity index (χ2v) is 8.97. The van der Waals surface area contributed by atoms with Gasteiger partial charge in [0.05, 0.1) is 7.11 Å². The van der Waals surface area contributed by atoms with Crippen LogP contribution < -0.4 is 10.1 Å². The number of methoxy groups -OCH3 is 1. The smallest absolute Gasteiger partial charge is 0.247 e. The van der Waals surface area contributed by atoms with E-state index in [2.05, 4.69) is 64.1 Å². The zero-order valence-corrected chi connectivity index (χ0v) is 20.9. The van der Waals surface area contributed by atoms with Gasteiger partial charge in [-0.3, -0.25) is 4.79 Å². The van der Waals surface area contributed by atoms with Crippen LogP contribution in [0, 0.1) is 6.92 Å². The molecule has 0 saturated heterocycles. The van der Waals surface area contributed by atoms with E-state index in [9.17, 15) is 4.79 Å². The fourth-order valence-electron chi connectivity index (χ4n) is 4.53. The Bertz CT molecular complexity index is 1600. The van der Waals surface area contributed by atoms with Gasteiger partial charge in [0.2, 0.25) is 11.8 Å². The molecule has 1 amide bonds. The van der Waals surface area contributed by atoms with Crippen molar-refractivity contribution in [3.63, 3.8) is 0 Å². The fourth-order valence-corrected chi connectivity index (χ4v) is 4.53. The SMILES string of the molecule is C=CC(=O)Nc1cccc(-c2cnc3[nH]cc(-c4cc(OC)ncc4CCc4cccc(C)c4)c3c2)c1. The van der Waals surface area contributed by atoms with Crippen LogP contribution in [0.2, 0.25) is 0 Å². The molecule has 3 heterocycles. The minimum absolute atomic E-state index is 0.247. The van der Waals surface area contributed by atoms with Crippen LogP contribution in [0.5, 0.6) is 5.88 Å². The molecule has 0 unspecified atom stereocenters. The molecular weight excluding hydrogens is 460 g/mol. The minimum Gasteiger partial charge on any atom is -0.481 e. The Labute approximate surface area is 216 Å². The van der Waals surface area contributed by atoms with Crippen molar-refractivity contribution in [1.29, 1.82) is 0 Å². The summed E-state index contributed by atoms with van der Waals surface area (Å²) < 4.78 is 5.47. The van der Waals surface area contributed by atoms with Gasteiger partial charge in [-0.2, -0.15) is 0 Å². The summed E-state index contributed by atoms with van der Waals surface area (Å²) in [7, 11) is 1.63. The number of hydrogen-bond donors (Lipinski definition) is 2. The number of aryl methyl sites for hydroxylation is 3. The Hall–Kier alpha value is -4.71. The van der Waals surface area contributed by atoms with Crippen molar-refractivity contribution in [3.8, 4) is 28.1 Å². The van der Waals surface area contributed by atoms with E-state index in [1.807, 2.05) is 48.9 Å². The van der Waals surface area contributed by atoms with Gasteiger partial charge in [0.25, 0.3) is 0 Å². The van der Waals surface area contributed by atoms with E-state index >= 15 is 0 Å². The number of fused-ring (bicyclic) bond motifs is 1. The second-order valence-electron chi connectivity index (χ2n) is 8.97. The molecule has 0 aliphatic heterocycles. The molecule has 6 heteroatoms. The summed E-state index contributed by atoms with van der Waals surface area (Å²) in [5, 5.41) is 3.82. The molecule has 5 rings (SSSR count). The molecule has 0 spiro atoms. The maximum Gasteiger partial charge on any atom is 0.247 e. The molecule has 37 heavy (non-hydrogen) atoms. The quantitative estimate of drug-likeness (QED) is 0.244. The predicted molar refractivity (Wildman–Crippen MR) is 149 cm³/mol. The number of hydrogen-bond acceptors (Lipinski definition) is 4. The van der Waals surface area contributed by atoms with E-state index in [1.54, 1.807) is 7.11 Å². The van der Waals surface area contributed by atoms with Gasteiger partial charge in [-0.25, -0.2) is 9.97 Å². The van der Waals surface area contributed by atoms with E-state index in [-0.39, 0.29) is 5.91 Å². The predicted octanol–water partition coefficient (Wildman–Crippen LogP) is 6.52. The van der Waals surface area contributed by atoms with Gasteiger partial charge in [0.1, 0.15) is 5.65 Å². The summed E-state index contributed by atoms with van der Waals surface area (Å²) in [4.78, 5) is 24.2. The Morgan fingerprint density at radius 1 is 1.00 bits per heavy atom. The van der Waals surface area contributed by atoms with Crippen molar-refractivity contribution in [2.75, 3.05) is 12.4 Å². The lowest BCUT2D eigenvalue weighted by atomic mass is 9.95. The third-order valence-electron chi connectivity index (χ3n) is 6.41. The highest BCUT2D eigenvalue weighted by Gasteiger charge is 2.15. The number of carbonyl (C=O) groups excluding carboxylic acids is 1. The normalized spacial score (nSPS) is 10.9. The van der Waals surface area contributed by atoms with Crippen molar-refractivity contribution in [2.24, 2.45) is 0 Å². The van der Waals surface area contributed by atoms with Crippen molar-refractivity contribution in [3.05, 3.63) is 109 Å². The van der Waals surface area contributed by atoms with Crippen LogP contribution in [0.15, 0.2) is 91.9 Å². The number of benzene rings is 2.